The molecule has 0 saturated carbocycles. The van der Waals surface area contributed by atoms with E-state index in [1.807, 2.05) is 11.2 Å². The molecule has 1 aliphatic heterocycles. The van der Waals surface area contributed by atoms with Crippen molar-refractivity contribution in [2.75, 3.05) is 13.1 Å². The van der Waals surface area contributed by atoms with Crippen LogP contribution in [0.15, 0.2) is 36.2 Å². The largest absolute Gasteiger partial charge is 0.305 e. The molecular formula is C13H20N6. The predicted molar refractivity (Wildman–Crippen MR) is 75.6 cm³/mol. The average molecular weight is 260 g/mol. The first-order valence-electron chi connectivity index (χ1n) is 6.24. The third kappa shape index (κ3) is 3.97. The zero-order valence-electron chi connectivity index (χ0n) is 11.1. The zero-order chi connectivity index (χ0) is 13.7. The summed E-state index contributed by atoms with van der Waals surface area (Å²) in [7, 11) is 0. The van der Waals surface area contributed by atoms with Gasteiger partial charge in [0.1, 0.15) is 0 Å². The SMILES string of the molecule is Cc1ccc(CCN2C=C(CN(N)C=N)NN2)cc1. The molecule has 0 aromatic heterocycles. The van der Waals surface area contributed by atoms with Gasteiger partial charge in [-0.2, -0.15) is 0 Å². The summed E-state index contributed by atoms with van der Waals surface area (Å²) in [6.45, 7) is 3.44. The molecule has 0 saturated heterocycles. The van der Waals surface area contributed by atoms with Crippen LogP contribution in [0.1, 0.15) is 11.1 Å². The van der Waals surface area contributed by atoms with E-state index in [1.165, 1.54) is 16.1 Å². The number of nitrogens with zero attached hydrogens (tertiary/aromatic N) is 2. The monoisotopic (exact) mass is 260 g/mol. The van der Waals surface area contributed by atoms with Crippen LogP contribution in [0.5, 0.6) is 0 Å². The Morgan fingerprint density at radius 1 is 1.37 bits per heavy atom. The van der Waals surface area contributed by atoms with Gasteiger partial charge in [0.2, 0.25) is 0 Å². The standard InChI is InChI=1S/C13H20N6/c1-11-2-4-12(5-3-11)6-7-19-9-13(16-17-19)8-18(15)10-14/h2-5,9-10,14,16-17H,6-8,15H2,1H3. The van der Waals surface area contributed by atoms with Crippen molar-refractivity contribution in [3.8, 4) is 0 Å². The summed E-state index contributed by atoms with van der Waals surface area (Å²) < 4.78 is 0. The lowest BCUT2D eigenvalue weighted by molar-refractivity contribution is 0.272. The second-order valence-electron chi connectivity index (χ2n) is 4.62. The number of nitrogens with one attached hydrogen (secondary N) is 3. The number of benzene rings is 1. The first-order valence-corrected chi connectivity index (χ1v) is 6.24. The van der Waals surface area contributed by atoms with Gasteiger partial charge in [0.25, 0.3) is 0 Å². The predicted octanol–water partition coefficient (Wildman–Crippen LogP) is 0.486. The summed E-state index contributed by atoms with van der Waals surface area (Å²) in [4.78, 5) is 0. The van der Waals surface area contributed by atoms with E-state index in [2.05, 4.69) is 42.1 Å². The maximum atomic E-state index is 7.02. The summed E-state index contributed by atoms with van der Waals surface area (Å²) in [5.74, 6) is 5.54. The van der Waals surface area contributed by atoms with Crippen LogP contribution in [-0.4, -0.2) is 29.4 Å². The van der Waals surface area contributed by atoms with Gasteiger partial charge >= 0.3 is 0 Å². The molecule has 0 unspecified atom stereocenters. The molecule has 0 aliphatic carbocycles. The minimum atomic E-state index is 0.484. The molecule has 1 heterocycles. The van der Waals surface area contributed by atoms with E-state index in [1.54, 1.807) is 0 Å². The van der Waals surface area contributed by atoms with Gasteiger partial charge in [0, 0.05) is 12.7 Å². The molecule has 1 aliphatic rings. The summed E-state index contributed by atoms with van der Waals surface area (Å²) in [5.41, 5.74) is 9.61. The van der Waals surface area contributed by atoms with Crippen LogP contribution in [0.3, 0.4) is 0 Å². The number of rotatable bonds is 6. The van der Waals surface area contributed by atoms with E-state index in [9.17, 15) is 0 Å². The molecular weight excluding hydrogens is 240 g/mol. The zero-order valence-corrected chi connectivity index (χ0v) is 11.1. The Hall–Kier alpha value is -2.05. The highest BCUT2D eigenvalue weighted by Gasteiger charge is 2.11. The molecule has 5 N–H and O–H groups in total. The highest BCUT2D eigenvalue weighted by Crippen LogP contribution is 2.06. The molecule has 0 atom stereocenters. The Morgan fingerprint density at radius 3 is 2.79 bits per heavy atom. The molecule has 0 bridgehead atoms. The quantitative estimate of drug-likeness (QED) is 0.259. The lowest BCUT2D eigenvalue weighted by Gasteiger charge is -2.15. The Kier molecular flexibility index (Phi) is 4.38. The van der Waals surface area contributed by atoms with Gasteiger partial charge in [-0.25, -0.2) is 5.84 Å². The van der Waals surface area contributed by atoms with Crippen LogP contribution in [-0.2, 0) is 6.42 Å². The van der Waals surface area contributed by atoms with Gasteiger partial charge in [-0.15, -0.1) is 5.53 Å². The first-order chi connectivity index (χ1) is 9.17. The summed E-state index contributed by atoms with van der Waals surface area (Å²) in [6, 6.07) is 8.56. The molecule has 2 rings (SSSR count). The molecule has 1 aromatic rings. The van der Waals surface area contributed by atoms with Gasteiger partial charge in [0.15, 0.2) is 0 Å². The van der Waals surface area contributed by atoms with Crippen LogP contribution in [0.25, 0.3) is 0 Å². The number of hydrazine groups is 3. The Labute approximate surface area is 113 Å². The van der Waals surface area contributed by atoms with Crippen LogP contribution in [0.2, 0.25) is 0 Å². The van der Waals surface area contributed by atoms with Gasteiger partial charge < -0.3 is 5.43 Å². The minimum absolute atomic E-state index is 0.484. The third-order valence-corrected chi connectivity index (χ3v) is 2.95. The Bertz CT molecular complexity index is 453. The molecule has 1 aromatic carbocycles. The maximum Gasteiger partial charge on any atom is 0.0962 e. The lowest BCUT2D eigenvalue weighted by Crippen LogP contribution is -2.40. The van der Waals surface area contributed by atoms with E-state index in [0.717, 1.165) is 25.0 Å². The Balaban J connectivity index is 1.81. The fourth-order valence-corrected chi connectivity index (χ4v) is 1.84. The molecule has 0 spiro atoms. The topological polar surface area (TPSA) is 80.4 Å². The molecule has 102 valence electrons. The van der Waals surface area contributed by atoms with Crippen LogP contribution < -0.4 is 16.8 Å². The van der Waals surface area contributed by atoms with E-state index < -0.39 is 0 Å². The van der Waals surface area contributed by atoms with E-state index in [4.69, 9.17) is 11.3 Å². The van der Waals surface area contributed by atoms with Crippen molar-refractivity contribution in [1.82, 2.24) is 21.0 Å². The summed E-state index contributed by atoms with van der Waals surface area (Å²) in [5, 5.41) is 10.3. The van der Waals surface area contributed by atoms with E-state index >= 15 is 0 Å². The molecule has 6 nitrogen and oxygen atoms in total. The molecule has 0 radical (unpaired) electrons. The smallest absolute Gasteiger partial charge is 0.0962 e. The fourth-order valence-electron chi connectivity index (χ4n) is 1.84. The number of hydrogen-bond donors (Lipinski definition) is 4. The normalized spacial score (nSPS) is 14.0. The molecule has 6 heteroatoms. The Morgan fingerprint density at radius 2 is 2.11 bits per heavy atom. The van der Waals surface area contributed by atoms with Crippen molar-refractivity contribution >= 4 is 6.34 Å². The van der Waals surface area contributed by atoms with Gasteiger partial charge in [-0.3, -0.25) is 15.4 Å². The van der Waals surface area contributed by atoms with Crippen molar-refractivity contribution in [2.24, 2.45) is 5.84 Å². The second-order valence-corrected chi connectivity index (χ2v) is 4.62. The molecule has 19 heavy (non-hydrogen) atoms. The number of hydrogen-bond acceptors (Lipinski definition) is 5. The second kappa shape index (κ2) is 6.21. The van der Waals surface area contributed by atoms with E-state index in [-0.39, 0.29) is 0 Å². The van der Waals surface area contributed by atoms with Crippen LogP contribution in [0, 0.1) is 12.3 Å². The third-order valence-electron chi connectivity index (χ3n) is 2.95. The van der Waals surface area contributed by atoms with Gasteiger partial charge in [-0.05, 0) is 18.9 Å². The molecule has 0 fully saturated rings. The summed E-state index contributed by atoms with van der Waals surface area (Å²) >= 11 is 0. The van der Waals surface area contributed by atoms with E-state index in [0.29, 0.717) is 6.54 Å². The summed E-state index contributed by atoms with van der Waals surface area (Å²) in [6.07, 6.45) is 4.03. The van der Waals surface area contributed by atoms with Crippen molar-refractivity contribution in [3.05, 3.63) is 47.3 Å². The van der Waals surface area contributed by atoms with Crippen molar-refractivity contribution in [1.29, 1.82) is 5.41 Å². The average Bonchev–Trinajstić information content (AvgIpc) is 2.85. The highest BCUT2D eigenvalue weighted by atomic mass is 15.7. The molecule has 0 amide bonds. The van der Waals surface area contributed by atoms with Crippen LogP contribution in [0.4, 0.5) is 0 Å². The van der Waals surface area contributed by atoms with Crippen molar-refractivity contribution < 1.29 is 0 Å². The fraction of sp³-hybridized carbons (Fsp3) is 0.308. The van der Waals surface area contributed by atoms with Crippen LogP contribution >= 0.6 is 0 Å². The van der Waals surface area contributed by atoms with Crippen molar-refractivity contribution in [2.45, 2.75) is 13.3 Å². The maximum absolute atomic E-state index is 7.02. The lowest BCUT2D eigenvalue weighted by atomic mass is 10.1. The van der Waals surface area contributed by atoms with Gasteiger partial charge in [0.05, 0.1) is 18.6 Å². The first kappa shape index (κ1) is 13.4. The van der Waals surface area contributed by atoms with Gasteiger partial charge in [-0.1, -0.05) is 29.8 Å². The number of aryl methyl sites for hydroxylation is 1. The number of nitrogens with two attached hydrogens (primary N) is 1. The minimum Gasteiger partial charge on any atom is -0.305 e. The van der Waals surface area contributed by atoms with Crippen molar-refractivity contribution in [3.63, 3.8) is 0 Å². The highest BCUT2D eigenvalue weighted by molar-refractivity contribution is 5.49.